The molecule has 3 heteroatoms. The lowest BCUT2D eigenvalue weighted by Crippen LogP contribution is -2.27. The van der Waals surface area contributed by atoms with E-state index in [1.807, 2.05) is 0 Å². The van der Waals surface area contributed by atoms with Crippen molar-refractivity contribution in [2.24, 2.45) is 0 Å². The second-order valence-corrected chi connectivity index (χ2v) is 1.41. The lowest BCUT2D eigenvalue weighted by atomic mass is 10.6. The predicted molar refractivity (Wildman–Crippen MR) is 33.7 cm³/mol. The number of rotatable bonds is 3. The Morgan fingerprint density at radius 3 is 3.00 bits per heavy atom. The number of amides is 1. The first-order valence-corrected chi connectivity index (χ1v) is 2.50. The van der Waals surface area contributed by atoms with E-state index in [9.17, 15) is 4.79 Å². The minimum atomic E-state index is -0.185. The number of ether oxygens (including phenoxy) is 1. The molecular formula is C6H9NO2. The topological polar surface area (TPSA) is 38.3 Å². The Morgan fingerprint density at radius 2 is 2.56 bits per heavy atom. The molecule has 0 rings (SSSR count). The molecular weight excluding hydrogens is 118 g/mol. The molecule has 0 heterocycles. The summed E-state index contributed by atoms with van der Waals surface area (Å²) in [5, 5.41) is 2.43. The monoisotopic (exact) mass is 127 g/mol. The van der Waals surface area contributed by atoms with Crippen LogP contribution < -0.4 is 5.32 Å². The number of nitrogens with one attached hydrogen (secondary N) is 1. The lowest BCUT2D eigenvalue weighted by Gasteiger charge is -1.97. The number of hydrogen-bond donors (Lipinski definition) is 1. The average molecular weight is 127 g/mol. The molecule has 0 bridgehead atoms. The quantitative estimate of drug-likeness (QED) is 0.513. The molecule has 0 aliphatic carbocycles. The first-order valence-electron chi connectivity index (χ1n) is 2.50. The molecule has 0 radical (unpaired) electrons. The van der Waals surface area contributed by atoms with Crippen molar-refractivity contribution in [2.45, 2.75) is 0 Å². The molecule has 0 fully saturated rings. The van der Waals surface area contributed by atoms with Crippen LogP contribution in [0.15, 0.2) is 0 Å². The van der Waals surface area contributed by atoms with Crippen molar-refractivity contribution in [3.05, 3.63) is 0 Å². The fourth-order valence-corrected chi connectivity index (χ4v) is 0.332. The van der Waals surface area contributed by atoms with Gasteiger partial charge >= 0.3 is 0 Å². The van der Waals surface area contributed by atoms with Crippen molar-refractivity contribution in [1.82, 2.24) is 5.32 Å². The van der Waals surface area contributed by atoms with Gasteiger partial charge in [0.15, 0.2) is 0 Å². The zero-order valence-electron chi connectivity index (χ0n) is 5.31. The molecule has 3 nitrogen and oxygen atoms in total. The van der Waals surface area contributed by atoms with Crippen molar-refractivity contribution in [3.8, 4) is 12.3 Å². The summed E-state index contributed by atoms with van der Waals surface area (Å²) in [5.74, 6) is 2.08. The van der Waals surface area contributed by atoms with Crippen LogP contribution in [0.25, 0.3) is 0 Å². The van der Waals surface area contributed by atoms with E-state index >= 15 is 0 Å². The van der Waals surface area contributed by atoms with Crippen LogP contribution in [-0.4, -0.2) is 26.2 Å². The lowest BCUT2D eigenvalue weighted by molar-refractivity contribution is -0.124. The van der Waals surface area contributed by atoms with Crippen LogP contribution in [0.4, 0.5) is 0 Å². The van der Waals surface area contributed by atoms with Gasteiger partial charge in [0.1, 0.15) is 6.61 Å². The van der Waals surface area contributed by atoms with E-state index in [1.165, 1.54) is 7.11 Å². The van der Waals surface area contributed by atoms with Crippen molar-refractivity contribution in [1.29, 1.82) is 0 Å². The minimum absolute atomic E-state index is 0.0711. The molecule has 0 aliphatic heterocycles. The molecule has 0 spiro atoms. The maximum absolute atomic E-state index is 10.5. The number of terminal acetylenes is 1. The van der Waals surface area contributed by atoms with E-state index < -0.39 is 0 Å². The van der Waals surface area contributed by atoms with Crippen LogP contribution in [0, 0.1) is 12.3 Å². The van der Waals surface area contributed by atoms with Gasteiger partial charge in [-0.3, -0.25) is 4.79 Å². The Bertz CT molecular complexity index is 126. The summed E-state index contributed by atoms with van der Waals surface area (Å²) >= 11 is 0. The summed E-state index contributed by atoms with van der Waals surface area (Å²) in [6.45, 7) is 0.337. The van der Waals surface area contributed by atoms with E-state index in [0.717, 1.165) is 0 Å². The second kappa shape index (κ2) is 5.13. The SMILES string of the molecule is C#CCNC(=O)COC. The van der Waals surface area contributed by atoms with Crippen molar-refractivity contribution in [2.75, 3.05) is 20.3 Å². The van der Waals surface area contributed by atoms with Gasteiger partial charge in [0, 0.05) is 7.11 Å². The van der Waals surface area contributed by atoms with Crippen LogP contribution in [-0.2, 0) is 9.53 Å². The molecule has 0 aromatic rings. The van der Waals surface area contributed by atoms with E-state index in [-0.39, 0.29) is 19.1 Å². The Balaban J connectivity index is 3.19. The standard InChI is InChI=1S/C6H9NO2/c1-3-4-7-6(8)5-9-2/h1H,4-5H2,2H3,(H,7,8). The second-order valence-electron chi connectivity index (χ2n) is 1.41. The zero-order chi connectivity index (χ0) is 7.11. The van der Waals surface area contributed by atoms with Gasteiger partial charge in [-0.05, 0) is 0 Å². The minimum Gasteiger partial charge on any atom is -0.375 e. The maximum atomic E-state index is 10.5. The van der Waals surface area contributed by atoms with Crippen molar-refractivity contribution >= 4 is 5.91 Å². The number of methoxy groups -OCH3 is 1. The van der Waals surface area contributed by atoms with Crippen LogP contribution in [0.2, 0.25) is 0 Å². The Morgan fingerprint density at radius 1 is 1.89 bits per heavy atom. The maximum Gasteiger partial charge on any atom is 0.246 e. The highest BCUT2D eigenvalue weighted by Crippen LogP contribution is 1.66. The van der Waals surface area contributed by atoms with Crippen molar-refractivity contribution < 1.29 is 9.53 Å². The number of hydrogen-bond acceptors (Lipinski definition) is 2. The third-order valence-corrected chi connectivity index (χ3v) is 0.663. The summed E-state index contributed by atoms with van der Waals surface area (Å²) < 4.78 is 4.52. The summed E-state index contributed by atoms with van der Waals surface area (Å²) in [6.07, 6.45) is 4.87. The molecule has 1 N–H and O–H groups in total. The third kappa shape index (κ3) is 4.85. The van der Waals surface area contributed by atoms with Gasteiger partial charge in [-0.15, -0.1) is 6.42 Å². The average Bonchev–Trinajstić information content (AvgIpc) is 1.85. The number of carbonyl (C=O) groups is 1. The Labute approximate surface area is 54.4 Å². The largest absolute Gasteiger partial charge is 0.375 e. The van der Waals surface area contributed by atoms with Gasteiger partial charge in [0.2, 0.25) is 5.91 Å². The first-order chi connectivity index (χ1) is 4.31. The molecule has 0 atom stereocenters. The van der Waals surface area contributed by atoms with Crippen molar-refractivity contribution in [3.63, 3.8) is 0 Å². The molecule has 9 heavy (non-hydrogen) atoms. The number of carbonyl (C=O) groups excluding carboxylic acids is 1. The van der Waals surface area contributed by atoms with E-state index in [0.29, 0.717) is 0 Å². The van der Waals surface area contributed by atoms with Gasteiger partial charge in [-0.25, -0.2) is 0 Å². The first kappa shape index (κ1) is 7.99. The molecule has 0 saturated carbocycles. The fraction of sp³-hybridized carbons (Fsp3) is 0.500. The third-order valence-electron chi connectivity index (χ3n) is 0.663. The van der Waals surface area contributed by atoms with Gasteiger partial charge in [0.25, 0.3) is 0 Å². The molecule has 0 aromatic carbocycles. The zero-order valence-corrected chi connectivity index (χ0v) is 5.31. The van der Waals surface area contributed by atoms with Gasteiger partial charge in [0.05, 0.1) is 6.54 Å². The summed E-state index contributed by atoms with van der Waals surface area (Å²) in [6, 6.07) is 0. The summed E-state index contributed by atoms with van der Waals surface area (Å²) in [4.78, 5) is 10.5. The van der Waals surface area contributed by atoms with E-state index in [4.69, 9.17) is 6.42 Å². The highest BCUT2D eigenvalue weighted by Gasteiger charge is 1.94. The highest BCUT2D eigenvalue weighted by molar-refractivity contribution is 5.77. The summed E-state index contributed by atoms with van der Waals surface area (Å²) in [5.41, 5.74) is 0. The highest BCUT2D eigenvalue weighted by atomic mass is 16.5. The van der Waals surface area contributed by atoms with E-state index in [1.54, 1.807) is 0 Å². The fourth-order valence-electron chi connectivity index (χ4n) is 0.332. The molecule has 0 aliphatic rings. The smallest absolute Gasteiger partial charge is 0.246 e. The molecule has 0 saturated heterocycles. The van der Waals surface area contributed by atoms with Gasteiger partial charge in [-0.1, -0.05) is 5.92 Å². The van der Waals surface area contributed by atoms with Crippen LogP contribution in [0.5, 0.6) is 0 Å². The van der Waals surface area contributed by atoms with Crippen LogP contribution >= 0.6 is 0 Å². The van der Waals surface area contributed by atoms with Gasteiger partial charge < -0.3 is 10.1 Å². The summed E-state index contributed by atoms with van der Waals surface area (Å²) in [7, 11) is 1.45. The molecule has 50 valence electrons. The molecule has 0 unspecified atom stereocenters. The predicted octanol–water partition coefficient (Wildman–Crippen LogP) is -0.618. The molecule has 0 aromatic heterocycles. The molecule has 1 amide bonds. The Kier molecular flexibility index (Phi) is 4.56. The van der Waals surface area contributed by atoms with Crippen LogP contribution in [0.3, 0.4) is 0 Å². The van der Waals surface area contributed by atoms with Gasteiger partial charge in [-0.2, -0.15) is 0 Å². The normalized spacial score (nSPS) is 8.00. The van der Waals surface area contributed by atoms with E-state index in [2.05, 4.69) is 16.0 Å². The Hall–Kier alpha value is -1.01. The van der Waals surface area contributed by atoms with Crippen LogP contribution in [0.1, 0.15) is 0 Å².